The Morgan fingerprint density at radius 1 is 1.12 bits per heavy atom. The Balaban J connectivity index is 1.66. The van der Waals surface area contributed by atoms with Gasteiger partial charge >= 0.3 is 0 Å². The fraction of sp³-hybridized carbons (Fsp3) is 0.350. The smallest absolute Gasteiger partial charge is 0.254 e. The van der Waals surface area contributed by atoms with Crippen LogP contribution in [0.5, 0.6) is 5.75 Å². The van der Waals surface area contributed by atoms with Crippen LogP contribution in [0.3, 0.4) is 0 Å². The van der Waals surface area contributed by atoms with Crippen molar-refractivity contribution in [2.45, 2.75) is 19.1 Å². The second-order valence-corrected chi connectivity index (χ2v) is 6.49. The molecule has 0 N–H and O–H groups in total. The summed E-state index contributed by atoms with van der Waals surface area (Å²) in [7, 11) is 4.03. The zero-order chi connectivity index (χ0) is 16.9. The van der Waals surface area contributed by atoms with Crippen LogP contribution in [0.2, 0.25) is 0 Å². The number of para-hydroxylation sites is 1. The summed E-state index contributed by atoms with van der Waals surface area (Å²) in [5, 5.41) is 0. The molecule has 24 heavy (non-hydrogen) atoms. The molecule has 1 heterocycles. The number of likely N-dealkylation sites (tertiary alicyclic amines) is 1. The first kappa shape index (κ1) is 16.5. The van der Waals surface area contributed by atoms with Gasteiger partial charge in [0.25, 0.3) is 5.91 Å². The van der Waals surface area contributed by atoms with Gasteiger partial charge in [-0.3, -0.25) is 4.79 Å². The molecule has 1 aliphatic rings. The van der Waals surface area contributed by atoms with Gasteiger partial charge in [0.2, 0.25) is 0 Å². The van der Waals surface area contributed by atoms with Crippen molar-refractivity contribution in [3.05, 3.63) is 65.7 Å². The molecular weight excluding hydrogens is 300 g/mol. The minimum Gasteiger partial charge on any atom is -0.489 e. The Morgan fingerprint density at radius 3 is 2.58 bits per heavy atom. The molecule has 2 aromatic rings. The first-order valence-electron chi connectivity index (χ1n) is 8.37. The zero-order valence-corrected chi connectivity index (χ0v) is 14.3. The minimum atomic E-state index is 0.0670. The van der Waals surface area contributed by atoms with E-state index in [1.54, 1.807) is 0 Å². The SMILES string of the molecule is CN(C)Cc1ccccc1C(=O)N1CCC(Oc2ccccc2)C1. The maximum Gasteiger partial charge on any atom is 0.254 e. The highest BCUT2D eigenvalue weighted by Gasteiger charge is 2.29. The summed E-state index contributed by atoms with van der Waals surface area (Å²) in [5.74, 6) is 0.969. The molecule has 4 heteroatoms. The van der Waals surface area contributed by atoms with Gasteiger partial charge in [-0.1, -0.05) is 36.4 Å². The van der Waals surface area contributed by atoms with Gasteiger partial charge in [-0.2, -0.15) is 0 Å². The van der Waals surface area contributed by atoms with Crippen LogP contribution in [0.25, 0.3) is 0 Å². The normalized spacial score (nSPS) is 17.3. The summed E-state index contributed by atoms with van der Waals surface area (Å²) in [4.78, 5) is 16.9. The Morgan fingerprint density at radius 2 is 1.83 bits per heavy atom. The van der Waals surface area contributed by atoms with Crippen molar-refractivity contribution in [1.29, 1.82) is 0 Å². The molecule has 3 rings (SSSR count). The lowest BCUT2D eigenvalue weighted by molar-refractivity contribution is 0.0770. The van der Waals surface area contributed by atoms with E-state index in [4.69, 9.17) is 4.74 Å². The van der Waals surface area contributed by atoms with Crippen LogP contribution in [0.1, 0.15) is 22.3 Å². The number of hydrogen-bond acceptors (Lipinski definition) is 3. The summed E-state index contributed by atoms with van der Waals surface area (Å²) < 4.78 is 5.98. The van der Waals surface area contributed by atoms with Crippen LogP contribution in [0, 0.1) is 0 Å². The highest BCUT2D eigenvalue weighted by molar-refractivity contribution is 5.95. The second kappa shape index (κ2) is 7.49. The maximum atomic E-state index is 12.9. The molecule has 1 aliphatic heterocycles. The van der Waals surface area contributed by atoms with Crippen molar-refractivity contribution in [2.24, 2.45) is 0 Å². The predicted octanol–water partition coefficient (Wildman–Crippen LogP) is 3.04. The Labute approximate surface area is 143 Å². The number of amides is 1. The number of ether oxygens (including phenoxy) is 1. The zero-order valence-electron chi connectivity index (χ0n) is 14.3. The fourth-order valence-corrected chi connectivity index (χ4v) is 3.08. The molecule has 2 aromatic carbocycles. The molecular formula is C20H24N2O2. The quantitative estimate of drug-likeness (QED) is 0.847. The van der Waals surface area contributed by atoms with Crippen molar-refractivity contribution >= 4 is 5.91 Å². The van der Waals surface area contributed by atoms with Gasteiger partial charge in [-0.05, 0) is 37.9 Å². The summed E-state index contributed by atoms with van der Waals surface area (Å²) in [6.45, 7) is 2.15. The lowest BCUT2D eigenvalue weighted by Crippen LogP contribution is -2.32. The number of rotatable bonds is 5. The van der Waals surface area contributed by atoms with E-state index in [1.807, 2.05) is 73.6 Å². The maximum absolute atomic E-state index is 12.9. The molecule has 1 saturated heterocycles. The second-order valence-electron chi connectivity index (χ2n) is 6.49. The summed E-state index contributed by atoms with van der Waals surface area (Å²) in [6.07, 6.45) is 0.939. The van der Waals surface area contributed by atoms with Crippen LogP contribution in [0.15, 0.2) is 54.6 Å². The monoisotopic (exact) mass is 324 g/mol. The van der Waals surface area contributed by atoms with Crippen LogP contribution in [0.4, 0.5) is 0 Å². The highest BCUT2D eigenvalue weighted by Crippen LogP contribution is 2.21. The van der Waals surface area contributed by atoms with Crippen molar-refractivity contribution in [3.63, 3.8) is 0 Å². The molecule has 1 unspecified atom stereocenters. The van der Waals surface area contributed by atoms with E-state index in [0.717, 1.165) is 36.4 Å². The molecule has 1 atom stereocenters. The molecule has 1 amide bonds. The number of carbonyl (C=O) groups is 1. The highest BCUT2D eigenvalue weighted by atomic mass is 16.5. The van der Waals surface area contributed by atoms with Crippen molar-refractivity contribution in [2.75, 3.05) is 27.2 Å². The van der Waals surface area contributed by atoms with Gasteiger partial charge in [0, 0.05) is 25.1 Å². The molecule has 0 aliphatic carbocycles. The van der Waals surface area contributed by atoms with Gasteiger partial charge < -0.3 is 14.5 Å². The molecule has 0 spiro atoms. The summed E-state index contributed by atoms with van der Waals surface area (Å²) in [6, 6.07) is 17.7. The standard InChI is InChI=1S/C20H24N2O2/c1-21(2)14-16-8-6-7-11-19(16)20(23)22-13-12-18(15-22)24-17-9-4-3-5-10-17/h3-11,18H,12-15H2,1-2H3. The van der Waals surface area contributed by atoms with Gasteiger partial charge in [-0.15, -0.1) is 0 Å². The fourth-order valence-electron chi connectivity index (χ4n) is 3.08. The lowest BCUT2D eigenvalue weighted by Gasteiger charge is -2.20. The average molecular weight is 324 g/mol. The van der Waals surface area contributed by atoms with Crippen molar-refractivity contribution in [3.8, 4) is 5.75 Å². The van der Waals surface area contributed by atoms with E-state index in [9.17, 15) is 4.79 Å². The Kier molecular flexibility index (Phi) is 5.16. The van der Waals surface area contributed by atoms with Crippen LogP contribution in [-0.2, 0) is 6.54 Å². The van der Waals surface area contributed by atoms with Gasteiger partial charge in [0.1, 0.15) is 11.9 Å². The van der Waals surface area contributed by atoms with E-state index >= 15 is 0 Å². The molecule has 0 radical (unpaired) electrons. The van der Waals surface area contributed by atoms with E-state index in [0.29, 0.717) is 6.54 Å². The first-order chi connectivity index (χ1) is 11.6. The Hall–Kier alpha value is -2.33. The largest absolute Gasteiger partial charge is 0.489 e. The number of hydrogen-bond donors (Lipinski definition) is 0. The van der Waals surface area contributed by atoms with Crippen LogP contribution in [-0.4, -0.2) is 49.0 Å². The van der Waals surface area contributed by atoms with Crippen molar-refractivity contribution in [1.82, 2.24) is 9.80 Å². The van der Waals surface area contributed by atoms with E-state index in [1.165, 1.54) is 0 Å². The molecule has 1 fully saturated rings. The molecule has 126 valence electrons. The van der Waals surface area contributed by atoms with Crippen LogP contribution < -0.4 is 4.74 Å². The molecule has 0 aromatic heterocycles. The van der Waals surface area contributed by atoms with Gasteiger partial charge in [-0.25, -0.2) is 0 Å². The first-order valence-corrected chi connectivity index (χ1v) is 8.37. The number of benzene rings is 2. The topological polar surface area (TPSA) is 32.8 Å². The van der Waals surface area contributed by atoms with E-state index in [-0.39, 0.29) is 12.0 Å². The van der Waals surface area contributed by atoms with Gasteiger partial charge in [0.15, 0.2) is 0 Å². The van der Waals surface area contributed by atoms with E-state index < -0.39 is 0 Å². The third-order valence-electron chi connectivity index (χ3n) is 4.21. The Bertz CT molecular complexity index is 685. The lowest BCUT2D eigenvalue weighted by atomic mass is 10.1. The van der Waals surface area contributed by atoms with E-state index in [2.05, 4.69) is 4.90 Å². The molecule has 0 saturated carbocycles. The number of carbonyl (C=O) groups excluding carboxylic acids is 1. The average Bonchev–Trinajstić information content (AvgIpc) is 3.03. The predicted molar refractivity (Wildman–Crippen MR) is 95.2 cm³/mol. The molecule has 0 bridgehead atoms. The third kappa shape index (κ3) is 3.95. The minimum absolute atomic E-state index is 0.0670. The number of nitrogens with zero attached hydrogens (tertiary/aromatic N) is 2. The summed E-state index contributed by atoms with van der Waals surface area (Å²) >= 11 is 0. The molecule has 4 nitrogen and oxygen atoms in total. The third-order valence-corrected chi connectivity index (χ3v) is 4.21. The van der Waals surface area contributed by atoms with Gasteiger partial charge in [0.05, 0.1) is 6.54 Å². The van der Waals surface area contributed by atoms with Crippen molar-refractivity contribution < 1.29 is 9.53 Å². The summed E-state index contributed by atoms with van der Waals surface area (Å²) in [5.41, 5.74) is 1.87. The van der Waals surface area contributed by atoms with Crippen LogP contribution >= 0.6 is 0 Å².